The summed E-state index contributed by atoms with van der Waals surface area (Å²) in [4.78, 5) is 10.4. The highest BCUT2D eigenvalue weighted by atomic mass is 79.9. The first-order chi connectivity index (χ1) is 8.19. The zero-order valence-electron chi connectivity index (χ0n) is 9.30. The van der Waals surface area contributed by atoms with Crippen LogP contribution in [0, 0.1) is 0 Å². The van der Waals surface area contributed by atoms with E-state index in [9.17, 15) is 0 Å². The van der Waals surface area contributed by atoms with Crippen molar-refractivity contribution in [2.45, 2.75) is 13.2 Å². The van der Waals surface area contributed by atoms with Crippen molar-refractivity contribution in [1.82, 2.24) is 9.97 Å². The van der Waals surface area contributed by atoms with Gasteiger partial charge in [0.1, 0.15) is 0 Å². The SMILES string of the molecule is CN(Cc1csc(Br)c1)c1ncc(CO)cn1. The molecule has 0 bridgehead atoms. The lowest BCUT2D eigenvalue weighted by Crippen LogP contribution is -2.18. The molecule has 2 aromatic heterocycles. The molecular weight excluding hydrogens is 302 g/mol. The van der Waals surface area contributed by atoms with Crippen LogP contribution in [0.25, 0.3) is 0 Å². The van der Waals surface area contributed by atoms with Crippen molar-refractivity contribution in [3.8, 4) is 0 Å². The largest absolute Gasteiger partial charge is 0.392 e. The maximum Gasteiger partial charge on any atom is 0.225 e. The Morgan fingerprint density at radius 1 is 1.35 bits per heavy atom. The van der Waals surface area contributed by atoms with Gasteiger partial charge in [0.15, 0.2) is 0 Å². The molecule has 0 aromatic carbocycles. The van der Waals surface area contributed by atoms with Crippen LogP contribution >= 0.6 is 27.3 Å². The highest BCUT2D eigenvalue weighted by molar-refractivity contribution is 9.11. The number of thiophene rings is 1. The molecule has 0 aliphatic rings. The van der Waals surface area contributed by atoms with Crippen LogP contribution in [-0.2, 0) is 13.2 Å². The van der Waals surface area contributed by atoms with Gasteiger partial charge in [-0.3, -0.25) is 0 Å². The van der Waals surface area contributed by atoms with Crippen LogP contribution in [0.1, 0.15) is 11.1 Å². The average Bonchev–Trinajstić information content (AvgIpc) is 2.75. The summed E-state index contributed by atoms with van der Waals surface area (Å²) in [5, 5.41) is 11.0. The van der Waals surface area contributed by atoms with E-state index < -0.39 is 0 Å². The Balaban J connectivity index is 2.06. The number of nitrogens with zero attached hydrogens (tertiary/aromatic N) is 3. The van der Waals surface area contributed by atoms with E-state index in [-0.39, 0.29) is 6.61 Å². The Morgan fingerprint density at radius 3 is 2.59 bits per heavy atom. The minimum atomic E-state index is -0.0263. The van der Waals surface area contributed by atoms with Crippen molar-refractivity contribution >= 4 is 33.2 Å². The first-order valence-corrected chi connectivity index (χ1v) is 6.72. The van der Waals surface area contributed by atoms with Crippen molar-refractivity contribution in [2.24, 2.45) is 0 Å². The van der Waals surface area contributed by atoms with E-state index in [1.807, 2.05) is 11.9 Å². The molecule has 0 atom stereocenters. The Morgan fingerprint density at radius 2 is 2.06 bits per heavy atom. The molecule has 1 N–H and O–H groups in total. The second-order valence-corrected chi connectivity index (χ2v) is 5.96. The number of halogens is 1. The summed E-state index contributed by atoms with van der Waals surface area (Å²) >= 11 is 5.10. The van der Waals surface area contributed by atoms with Gasteiger partial charge < -0.3 is 10.0 Å². The highest BCUT2D eigenvalue weighted by Crippen LogP contribution is 2.22. The lowest BCUT2D eigenvalue weighted by molar-refractivity contribution is 0.281. The third-order valence-corrected chi connectivity index (χ3v) is 3.81. The molecule has 0 saturated heterocycles. The van der Waals surface area contributed by atoms with E-state index in [0.29, 0.717) is 5.95 Å². The summed E-state index contributed by atoms with van der Waals surface area (Å²) in [6.45, 7) is 0.738. The smallest absolute Gasteiger partial charge is 0.225 e. The number of aliphatic hydroxyl groups is 1. The standard InChI is InChI=1S/C11H12BrN3OS/c1-15(5-8-2-10(12)17-7-8)11-13-3-9(6-16)4-14-11/h2-4,7,16H,5-6H2,1H3. The normalized spacial score (nSPS) is 10.5. The van der Waals surface area contributed by atoms with E-state index in [1.165, 1.54) is 5.56 Å². The van der Waals surface area contributed by atoms with E-state index in [4.69, 9.17) is 5.11 Å². The summed E-state index contributed by atoms with van der Waals surface area (Å²) in [5.41, 5.74) is 1.94. The van der Waals surface area contributed by atoms with Gasteiger partial charge in [0, 0.05) is 31.5 Å². The lowest BCUT2D eigenvalue weighted by Gasteiger charge is -2.15. The van der Waals surface area contributed by atoms with Gasteiger partial charge in [0.05, 0.1) is 10.4 Å². The van der Waals surface area contributed by atoms with Gasteiger partial charge in [-0.1, -0.05) is 0 Å². The minimum absolute atomic E-state index is 0.0263. The van der Waals surface area contributed by atoms with Crippen LogP contribution in [0.2, 0.25) is 0 Å². The number of aromatic nitrogens is 2. The number of anilines is 1. The Kier molecular flexibility index (Phi) is 4.09. The second kappa shape index (κ2) is 5.57. The van der Waals surface area contributed by atoms with E-state index in [1.54, 1.807) is 23.7 Å². The second-order valence-electron chi connectivity index (χ2n) is 3.66. The molecule has 17 heavy (non-hydrogen) atoms. The summed E-state index contributed by atoms with van der Waals surface area (Å²) in [6, 6.07) is 2.09. The molecule has 0 saturated carbocycles. The van der Waals surface area contributed by atoms with Gasteiger partial charge in [-0.15, -0.1) is 11.3 Å². The molecule has 2 rings (SSSR count). The average molecular weight is 314 g/mol. The van der Waals surface area contributed by atoms with Crippen LogP contribution in [0.3, 0.4) is 0 Å². The van der Waals surface area contributed by atoms with Gasteiger partial charge in [0.2, 0.25) is 5.95 Å². The Labute approximate surface area is 112 Å². The third kappa shape index (κ3) is 3.24. The topological polar surface area (TPSA) is 49.2 Å². The fourth-order valence-corrected chi connectivity index (χ4v) is 2.60. The van der Waals surface area contributed by atoms with Gasteiger partial charge in [0.25, 0.3) is 0 Å². The lowest BCUT2D eigenvalue weighted by atomic mass is 10.3. The van der Waals surface area contributed by atoms with E-state index in [0.717, 1.165) is 15.9 Å². The van der Waals surface area contributed by atoms with Gasteiger partial charge in [-0.05, 0) is 32.9 Å². The molecule has 90 valence electrons. The van der Waals surface area contributed by atoms with Gasteiger partial charge >= 0.3 is 0 Å². The van der Waals surface area contributed by atoms with Crippen molar-refractivity contribution in [2.75, 3.05) is 11.9 Å². The Bertz CT molecular complexity index is 486. The molecular formula is C11H12BrN3OS. The minimum Gasteiger partial charge on any atom is -0.392 e. The number of hydrogen-bond donors (Lipinski definition) is 1. The van der Waals surface area contributed by atoms with Crippen LogP contribution < -0.4 is 4.90 Å². The zero-order valence-corrected chi connectivity index (χ0v) is 11.7. The van der Waals surface area contributed by atoms with Crippen molar-refractivity contribution < 1.29 is 5.11 Å². The van der Waals surface area contributed by atoms with Crippen LogP contribution in [0.5, 0.6) is 0 Å². The quantitative estimate of drug-likeness (QED) is 0.942. The van der Waals surface area contributed by atoms with Crippen molar-refractivity contribution in [1.29, 1.82) is 0 Å². The van der Waals surface area contributed by atoms with E-state index in [2.05, 4.69) is 37.3 Å². The molecule has 0 aliphatic carbocycles. The molecule has 4 nitrogen and oxygen atoms in total. The van der Waals surface area contributed by atoms with Crippen LogP contribution in [-0.4, -0.2) is 22.1 Å². The molecule has 0 spiro atoms. The predicted octanol–water partition coefficient (Wildman–Crippen LogP) is 2.43. The molecule has 0 unspecified atom stereocenters. The van der Waals surface area contributed by atoms with Gasteiger partial charge in [-0.25, -0.2) is 9.97 Å². The summed E-state index contributed by atoms with van der Waals surface area (Å²) in [5.74, 6) is 0.657. The van der Waals surface area contributed by atoms with Crippen LogP contribution in [0.15, 0.2) is 27.6 Å². The number of hydrogen-bond acceptors (Lipinski definition) is 5. The molecule has 0 radical (unpaired) electrons. The molecule has 2 aromatic rings. The van der Waals surface area contributed by atoms with Crippen molar-refractivity contribution in [3.05, 3.63) is 38.8 Å². The maximum absolute atomic E-state index is 8.91. The van der Waals surface area contributed by atoms with E-state index >= 15 is 0 Å². The maximum atomic E-state index is 8.91. The zero-order chi connectivity index (χ0) is 12.3. The first-order valence-electron chi connectivity index (χ1n) is 5.05. The highest BCUT2D eigenvalue weighted by Gasteiger charge is 2.06. The summed E-state index contributed by atoms with van der Waals surface area (Å²) in [6.07, 6.45) is 3.28. The summed E-state index contributed by atoms with van der Waals surface area (Å²) in [7, 11) is 1.94. The molecule has 2 heterocycles. The fraction of sp³-hybridized carbons (Fsp3) is 0.273. The number of rotatable bonds is 4. The number of aliphatic hydroxyl groups excluding tert-OH is 1. The fourth-order valence-electron chi connectivity index (χ4n) is 1.40. The molecule has 6 heteroatoms. The first kappa shape index (κ1) is 12.5. The van der Waals surface area contributed by atoms with Crippen molar-refractivity contribution in [3.63, 3.8) is 0 Å². The van der Waals surface area contributed by atoms with Gasteiger partial charge in [-0.2, -0.15) is 0 Å². The summed E-state index contributed by atoms with van der Waals surface area (Å²) < 4.78 is 1.12. The molecule has 0 aliphatic heterocycles. The molecule has 0 fully saturated rings. The Hall–Kier alpha value is -0.980. The third-order valence-electron chi connectivity index (χ3n) is 2.26. The predicted molar refractivity (Wildman–Crippen MR) is 72.1 cm³/mol. The molecule has 0 amide bonds. The van der Waals surface area contributed by atoms with Crippen LogP contribution in [0.4, 0.5) is 5.95 Å². The monoisotopic (exact) mass is 313 g/mol.